The van der Waals surface area contributed by atoms with Crippen LogP contribution in [0.25, 0.3) is 0 Å². The third-order valence-electron chi connectivity index (χ3n) is 1.65. The van der Waals surface area contributed by atoms with Gasteiger partial charge in [0.05, 0.1) is 5.02 Å². The maximum absolute atomic E-state index is 5.97. The Labute approximate surface area is 97.4 Å². The smallest absolute Gasteiger partial charge is 0.144 e. The maximum atomic E-state index is 5.97. The van der Waals surface area contributed by atoms with Crippen molar-refractivity contribution in [3.63, 3.8) is 0 Å². The second-order valence-corrected chi connectivity index (χ2v) is 4.09. The SMILES string of the molecule is CCNCCNc1ncc(Br)cc1Cl. The van der Waals surface area contributed by atoms with Crippen LogP contribution in [0.15, 0.2) is 16.7 Å². The van der Waals surface area contributed by atoms with E-state index in [2.05, 4.69) is 38.5 Å². The third kappa shape index (κ3) is 3.82. The molecule has 0 aromatic carbocycles. The number of halogens is 2. The Morgan fingerprint density at radius 1 is 1.50 bits per heavy atom. The monoisotopic (exact) mass is 277 g/mol. The van der Waals surface area contributed by atoms with Crippen molar-refractivity contribution < 1.29 is 0 Å². The lowest BCUT2D eigenvalue weighted by Gasteiger charge is -2.07. The molecule has 3 nitrogen and oxygen atoms in total. The van der Waals surface area contributed by atoms with Crippen LogP contribution >= 0.6 is 27.5 Å². The van der Waals surface area contributed by atoms with Crippen LogP contribution in [-0.4, -0.2) is 24.6 Å². The first-order chi connectivity index (χ1) is 6.74. The standard InChI is InChI=1S/C9H13BrClN3/c1-2-12-3-4-13-9-8(11)5-7(10)6-14-9/h5-6,12H,2-4H2,1H3,(H,13,14). The van der Waals surface area contributed by atoms with Crippen molar-refractivity contribution in [1.82, 2.24) is 10.3 Å². The summed E-state index contributed by atoms with van der Waals surface area (Å²) in [5.41, 5.74) is 0. The van der Waals surface area contributed by atoms with E-state index in [9.17, 15) is 0 Å². The fourth-order valence-corrected chi connectivity index (χ4v) is 1.69. The van der Waals surface area contributed by atoms with Crippen LogP contribution < -0.4 is 10.6 Å². The van der Waals surface area contributed by atoms with Crippen molar-refractivity contribution in [2.45, 2.75) is 6.92 Å². The quantitative estimate of drug-likeness (QED) is 0.813. The third-order valence-corrected chi connectivity index (χ3v) is 2.37. The second kappa shape index (κ2) is 6.22. The summed E-state index contributed by atoms with van der Waals surface area (Å²) in [7, 11) is 0. The van der Waals surface area contributed by atoms with E-state index < -0.39 is 0 Å². The molecule has 2 N–H and O–H groups in total. The largest absolute Gasteiger partial charge is 0.368 e. The minimum absolute atomic E-state index is 0.635. The molecule has 0 unspecified atom stereocenters. The number of hydrogen-bond donors (Lipinski definition) is 2. The van der Waals surface area contributed by atoms with Gasteiger partial charge in [-0.3, -0.25) is 0 Å². The van der Waals surface area contributed by atoms with E-state index >= 15 is 0 Å². The van der Waals surface area contributed by atoms with Crippen molar-refractivity contribution in [2.24, 2.45) is 0 Å². The molecule has 1 aromatic heterocycles. The van der Waals surface area contributed by atoms with Gasteiger partial charge in [0.1, 0.15) is 5.82 Å². The Morgan fingerprint density at radius 3 is 2.93 bits per heavy atom. The maximum Gasteiger partial charge on any atom is 0.144 e. The van der Waals surface area contributed by atoms with Gasteiger partial charge >= 0.3 is 0 Å². The summed E-state index contributed by atoms with van der Waals surface area (Å²) in [6, 6.07) is 1.82. The van der Waals surface area contributed by atoms with E-state index in [0.29, 0.717) is 5.02 Å². The highest BCUT2D eigenvalue weighted by Gasteiger charge is 2.00. The van der Waals surface area contributed by atoms with Crippen molar-refractivity contribution in [2.75, 3.05) is 25.0 Å². The van der Waals surface area contributed by atoms with Crippen LogP contribution in [0.2, 0.25) is 5.02 Å². The molecule has 0 spiro atoms. The first-order valence-corrected chi connectivity index (χ1v) is 5.66. The van der Waals surface area contributed by atoms with Gasteiger partial charge in [0.25, 0.3) is 0 Å². The molecule has 78 valence electrons. The first-order valence-electron chi connectivity index (χ1n) is 4.49. The Bertz CT molecular complexity index is 293. The molecule has 0 atom stereocenters. The van der Waals surface area contributed by atoms with E-state index in [1.807, 2.05) is 6.07 Å². The molecule has 0 saturated carbocycles. The molecule has 0 radical (unpaired) electrons. The number of aromatic nitrogens is 1. The topological polar surface area (TPSA) is 37.0 Å². The summed E-state index contributed by atoms with van der Waals surface area (Å²) < 4.78 is 0.889. The molecule has 1 rings (SSSR count). The van der Waals surface area contributed by atoms with Crippen molar-refractivity contribution in [3.8, 4) is 0 Å². The van der Waals surface area contributed by atoms with E-state index in [-0.39, 0.29) is 0 Å². The lowest BCUT2D eigenvalue weighted by Crippen LogP contribution is -2.21. The van der Waals surface area contributed by atoms with Crippen LogP contribution in [0, 0.1) is 0 Å². The zero-order valence-corrected chi connectivity index (χ0v) is 10.3. The number of nitrogens with one attached hydrogen (secondary N) is 2. The predicted octanol–water partition coefficient (Wildman–Crippen LogP) is 2.52. The highest BCUT2D eigenvalue weighted by atomic mass is 79.9. The molecule has 1 aromatic rings. The first kappa shape index (κ1) is 11.8. The van der Waals surface area contributed by atoms with Crippen molar-refractivity contribution in [1.29, 1.82) is 0 Å². The van der Waals surface area contributed by atoms with Crippen molar-refractivity contribution in [3.05, 3.63) is 21.8 Å². The molecule has 0 amide bonds. The molecule has 0 fully saturated rings. The molecule has 0 aliphatic rings. The van der Waals surface area contributed by atoms with E-state index in [0.717, 1.165) is 29.9 Å². The highest BCUT2D eigenvalue weighted by Crippen LogP contribution is 2.22. The molecule has 0 bridgehead atoms. The molecule has 1 heterocycles. The van der Waals surface area contributed by atoms with Crippen LogP contribution in [0.1, 0.15) is 6.92 Å². The van der Waals surface area contributed by atoms with E-state index in [1.54, 1.807) is 6.20 Å². The molecule has 0 aliphatic carbocycles. The van der Waals surface area contributed by atoms with Gasteiger partial charge in [0.2, 0.25) is 0 Å². The summed E-state index contributed by atoms with van der Waals surface area (Å²) in [5, 5.41) is 6.99. The molecular weight excluding hydrogens is 265 g/mol. The average molecular weight is 279 g/mol. The lowest BCUT2D eigenvalue weighted by atomic mass is 10.4. The minimum atomic E-state index is 0.635. The second-order valence-electron chi connectivity index (χ2n) is 2.76. The number of hydrogen-bond acceptors (Lipinski definition) is 3. The molecular formula is C9H13BrClN3. The van der Waals surface area contributed by atoms with Gasteiger partial charge in [0, 0.05) is 23.8 Å². The lowest BCUT2D eigenvalue weighted by molar-refractivity contribution is 0.738. The van der Waals surface area contributed by atoms with Gasteiger partial charge in [-0.25, -0.2) is 4.98 Å². The fraction of sp³-hybridized carbons (Fsp3) is 0.444. The molecule has 0 saturated heterocycles. The Hall–Kier alpha value is -0.320. The van der Waals surface area contributed by atoms with Crippen LogP contribution in [0.4, 0.5) is 5.82 Å². The fourth-order valence-electron chi connectivity index (χ4n) is 0.991. The van der Waals surface area contributed by atoms with Gasteiger partial charge in [0.15, 0.2) is 0 Å². The number of nitrogens with zero attached hydrogens (tertiary/aromatic N) is 1. The molecule has 5 heteroatoms. The van der Waals surface area contributed by atoms with Crippen LogP contribution in [-0.2, 0) is 0 Å². The van der Waals surface area contributed by atoms with E-state index in [1.165, 1.54) is 0 Å². The van der Waals surface area contributed by atoms with Gasteiger partial charge in [-0.1, -0.05) is 18.5 Å². The summed E-state index contributed by atoms with van der Waals surface area (Å²) in [6.45, 7) is 4.78. The number of rotatable bonds is 5. The Morgan fingerprint density at radius 2 is 2.29 bits per heavy atom. The summed E-state index contributed by atoms with van der Waals surface area (Å²) in [4.78, 5) is 4.16. The highest BCUT2D eigenvalue weighted by molar-refractivity contribution is 9.10. The average Bonchev–Trinajstić information content (AvgIpc) is 2.15. The van der Waals surface area contributed by atoms with Crippen molar-refractivity contribution >= 4 is 33.3 Å². The predicted molar refractivity (Wildman–Crippen MR) is 64.0 cm³/mol. The normalized spacial score (nSPS) is 10.2. The summed E-state index contributed by atoms with van der Waals surface area (Å²) in [6.07, 6.45) is 1.72. The molecule has 14 heavy (non-hydrogen) atoms. The summed E-state index contributed by atoms with van der Waals surface area (Å²) in [5.74, 6) is 0.729. The number of likely N-dealkylation sites (N-methyl/N-ethyl adjacent to an activating group) is 1. The Kier molecular flexibility index (Phi) is 5.22. The minimum Gasteiger partial charge on any atom is -0.368 e. The number of anilines is 1. The van der Waals surface area contributed by atoms with Crippen LogP contribution in [0.3, 0.4) is 0 Å². The zero-order chi connectivity index (χ0) is 10.4. The van der Waals surface area contributed by atoms with E-state index in [4.69, 9.17) is 11.6 Å². The van der Waals surface area contributed by atoms with Gasteiger partial charge in [-0.05, 0) is 28.5 Å². The van der Waals surface area contributed by atoms with Gasteiger partial charge < -0.3 is 10.6 Å². The zero-order valence-electron chi connectivity index (χ0n) is 7.98. The van der Waals surface area contributed by atoms with Gasteiger partial charge in [-0.2, -0.15) is 0 Å². The van der Waals surface area contributed by atoms with Crippen LogP contribution in [0.5, 0.6) is 0 Å². The molecule has 0 aliphatic heterocycles. The number of pyridine rings is 1. The summed E-state index contributed by atoms with van der Waals surface area (Å²) >= 11 is 9.27. The van der Waals surface area contributed by atoms with Gasteiger partial charge in [-0.15, -0.1) is 0 Å². The Balaban J connectivity index is 2.42.